The summed E-state index contributed by atoms with van der Waals surface area (Å²) >= 11 is 0. The van der Waals surface area contributed by atoms with Crippen molar-refractivity contribution in [2.75, 3.05) is 0 Å². The third-order valence-corrected chi connectivity index (χ3v) is 4.55. The Kier molecular flexibility index (Phi) is 3.40. The van der Waals surface area contributed by atoms with Gasteiger partial charge in [0, 0.05) is 5.56 Å². The summed E-state index contributed by atoms with van der Waals surface area (Å²) in [6, 6.07) is 5.47. The van der Waals surface area contributed by atoms with E-state index in [1.807, 2.05) is 0 Å². The summed E-state index contributed by atoms with van der Waals surface area (Å²) in [7, 11) is 0. The SMILES string of the molecule is N=C1N=Nc2nc(C(C(=O)c3cccc(O)c3)c3nc4n(c3O)C(=N)N=N4)c(O)n21. The normalized spacial score (nSPS) is 14.9. The quantitative estimate of drug-likeness (QED) is 0.408. The molecule has 2 aromatic heterocycles. The van der Waals surface area contributed by atoms with Gasteiger partial charge in [0.1, 0.15) is 23.1 Å². The molecule has 30 heavy (non-hydrogen) atoms. The molecule has 4 heterocycles. The van der Waals surface area contributed by atoms with E-state index < -0.39 is 35.4 Å². The number of aromatic nitrogens is 4. The minimum absolute atomic E-state index is 0.0496. The van der Waals surface area contributed by atoms with E-state index in [4.69, 9.17) is 10.8 Å². The van der Waals surface area contributed by atoms with Crippen LogP contribution in [0.1, 0.15) is 27.7 Å². The minimum Gasteiger partial charge on any atom is -0.508 e. The van der Waals surface area contributed by atoms with Gasteiger partial charge in [-0.25, -0.2) is 19.1 Å². The molecule has 0 spiro atoms. The second-order valence-electron chi connectivity index (χ2n) is 6.31. The number of hydrogen-bond donors (Lipinski definition) is 5. The van der Waals surface area contributed by atoms with Gasteiger partial charge in [-0.3, -0.25) is 15.6 Å². The van der Waals surface area contributed by atoms with Crippen molar-refractivity contribution < 1.29 is 20.1 Å². The molecule has 0 atom stereocenters. The van der Waals surface area contributed by atoms with E-state index in [-0.39, 0.29) is 34.6 Å². The molecule has 0 unspecified atom stereocenters. The lowest BCUT2D eigenvalue weighted by Crippen LogP contribution is -2.17. The molecular weight excluding hydrogens is 396 g/mol. The molecule has 0 saturated carbocycles. The number of nitrogens with one attached hydrogen (secondary N) is 2. The first-order chi connectivity index (χ1) is 14.4. The van der Waals surface area contributed by atoms with E-state index in [1.54, 1.807) is 0 Å². The van der Waals surface area contributed by atoms with E-state index in [9.17, 15) is 20.1 Å². The lowest BCUT2D eigenvalue weighted by atomic mass is 9.91. The van der Waals surface area contributed by atoms with Crippen LogP contribution in [0.2, 0.25) is 0 Å². The molecule has 5 rings (SSSR count). The number of benzene rings is 1. The van der Waals surface area contributed by atoms with Crippen LogP contribution in [-0.4, -0.2) is 52.1 Å². The number of carbonyl (C=O) groups excluding carboxylic acids is 1. The molecular formula is C16H10N10O4. The van der Waals surface area contributed by atoms with Crippen molar-refractivity contribution in [3.8, 4) is 17.5 Å². The number of phenolic OH excluding ortho intramolecular Hbond substituents is 1. The zero-order chi connectivity index (χ0) is 21.2. The van der Waals surface area contributed by atoms with Gasteiger partial charge in [0.2, 0.25) is 11.8 Å². The van der Waals surface area contributed by atoms with Crippen molar-refractivity contribution >= 4 is 29.6 Å². The number of Topliss-reactive ketones (excluding diaryl/α,β-unsaturated/α-hetero) is 1. The monoisotopic (exact) mass is 406 g/mol. The molecule has 2 aliphatic heterocycles. The second kappa shape index (κ2) is 5.87. The molecule has 0 aliphatic carbocycles. The summed E-state index contributed by atoms with van der Waals surface area (Å²) in [5, 5.41) is 60.8. The van der Waals surface area contributed by atoms with E-state index in [0.717, 1.165) is 9.13 Å². The number of azo groups is 2. The largest absolute Gasteiger partial charge is 0.508 e. The molecule has 14 heteroatoms. The number of aromatic hydroxyl groups is 3. The molecule has 0 amide bonds. The predicted octanol–water partition coefficient (Wildman–Crippen LogP) is 1.97. The lowest BCUT2D eigenvalue weighted by Gasteiger charge is -2.13. The number of rotatable bonds is 4. The number of ketones is 1. The highest BCUT2D eigenvalue weighted by Gasteiger charge is 2.39. The third-order valence-electron chi connectivity index (χ3n) is 4.55. The number of nitrogens with zero attached hydrogens (tertiary/aromatic N) is 8. The Labute approximate surface area is 165 Å². The van der Waals surface area contributed by atoms with Crippen molar-refractivity contribution in [3.63, 3.8) is 0 Å². The smallest absolute Gasteiger partial charge is 0.259 e. The Bertz CT molecular complexity index is 1270. The number of fused-ring (bicyclic) bond motifs is 2. The average Bonchev–Trinajstić information content (AvgIpc) is 3.43. The molecule has 148 valence electrons. The molecule has 14 nitrogen and oxygen atoms in total. The predicted molar refractivity (Wildman–Crippen MR) is 97.3 cm³/mol. The zero-order valence-electron chi connectivity index (χ0n) is 14.7. The van der Waals surface area contributed by atoms with Crippen molar-refractivity contribution in [1.82, 2.24) is 19.1 Å². The Morgan fingerprint density at radius 3 is 1.87 bits per heavy atom. The summed E-state index contributed by atoms with van der Waals surface area (Å²) in [6.07, 6.45) is 0. The topological polar surface area (TPSA) is 211 Å². The van der Waals surface area contributed by atoms with Crippen molar-refractivity contribution in [1.29, 1.82) is 10.8 Å². The summed E-state index contributed by atoms with van der Waals surface area (Å²) in [6.45, 7) is 0. The van der Waals surface area contributed by atoms with E-state index in [2.05, 4.69) is 30.4 Å². The van der Waals surface area contributed by atoms with Gasteiger partial charge in [-0.05, 0) is 12.1 Å². The first-order valence-corrected chi connectivity index (χ1v) is 8.34. The van der Waals surface area contributed by atoms with Crippen LogP contribution in [0.25, 0.3) is 0 Å². The second-order valence-corrected chi connectivity index (χ2v) is 6.31. The Hall–Kier alpha value is -4.75. The highest BCUT2D eigenvalue weighted by molar-refractivity contribution is 6.04. The van der Waals surface area contributed by atoms with Gasteiger partial charge in [0.25, 0.3) is 23.8 Å². The summed E-state index contributed by atoms with van der Waals surface area (Å²) in [5.41, 5.74) is -0.428. The van der Waals surface area contributed by atoms with Crippen LogP contribution in [-0.2, 0) is 0 Å². The summed E-state index contributed by atoms with van der Waals surface area (Å²) in [5.74, 6) is -4.52. The third kappa shape index (κ3) is 2.27. The van der Waals surface area contributed by atoms with E-state index in [0.29, 0.717) is 0 Å². The van der Waals surface area contributed by atoms with E-state index >= 15 is 0 Å². The lowest BCUT2D eigenvalue weighted by molar-refractivity contribution is 0.0968. The fourth-order valence-electron chi connectivity index (χ4n) is 3.22. The van der Waals surface area contributed by atoms with Crippen LogP contribution in [0, 0.1) is 10.8 Å². The van der Waals surface area contributed by atoms with Gasteiger partial charge in [-0.15, -0.1) is 20.5 Å². The van der Waals surface area contributed by atoms with Gasteiger partial charge in [0.15, 0.2) is 5.78 Å². The van der Waals surface area contributed by atoms with Crippen LogP contribution in [0.4, 0.5) is 11.9 Å². The highest BCUT2D eigenvalue weighted by atomic mass is 16.3. The van der Waals surface area contributed by atoms with Crippen LogP contribution >= 0.6 is 0 Å². The van der Waals surface area contributed by atoms with E-state index in [1.165, 1.54) is 24.3 Å². The maximum Gasteiger partial charge on any atom is 0.259 e. The molecule has 0 saturated heterocycles. The first kappa shape index (κ1) is 17.4. The minimum atomic E-state index is -1.46. The van der Waals surface area contributed by atoms with Gasteiger partial charge < -0.3 is 15.3 Å². The van der Waals surface area contributed by atoms with Crippen LogP contribution in [0.5, 0.6) is 17.5 Å². The molecule has 2 aliphatic rings. The molecule has 3 aromatic rings. The Morgan fingerprint density at radius 2 is 1.40 bits per heavy atom. The van der Waals surface area contributed by atoms with Gasteiger partial charge in [0.05, 0.1) is 0 Å². The average molecular weight is 406 g/mol. The molecule has 0 fully saturated rings. The van der Waals surface area contributed by atoms with Gasteiger partial charge in [-0.2, -0.15) is 0 Å². The summed E-state index contributed by atoms with van der Waals surface area (Å²) in [4.78, 5) is 21.6. The van der Waals surface area contributed by atoms with Crippen molar-refractivity contribution in [2.24, 2.45) is 20.5 Å². The molecule has 5 N–H and O–H groups in total. The maximum absolute atomic E-state index is 13.4. The number of hydrogen-bond acceptors (Lipinski definition) is 10. The maximum atomic E-state index is 13.4. The summed E-state index contributed by atoms with van der Waals surface area (Å²) < 4.78 is 1.83. The molecule has 1 aromatic carbocycles. The first-order valence-electron chi connectivity index (χ1n) is 8.34. The fraction of sp³-hybridized carbons (Fsp3) is 0.0625. The number of carbonyl (C=O) groups is 1. The van der Waals surface area contributed by atoms with Crippen molar-refractivity contribution in [3.05, 3.63) is 41.2 Å². The van der Waals surface area contributed by atoms with Crippen molar-refractivity contribution in [2.45, 2.75) is 5.92 Å². The fourth-order valence-corrected chi connectivity index (χ4v) is 3.22. The van der Waals surface area contributed by atoms with Crippen LogP contribution in [0.3, 0.4) is 0 Å². The van der Waals surface area contributed by atoms with Crippen LogP contribution in [0.15, 0.2) is 44.7 Å². The Morgan fingerprint density at radius 1 is 0.867 bits per heavy atom. The molecule has 0 radical (unpaired) electrons. The number of phenols is 1. The molecule has 0 bridgehead atoms. The number of imidazole rings is 2. The Balaban J connectivity index is 1.73. The van der Waals surface area contributed by atoms with Crippen LogP contribution < -0.4 is 0 Å². The van der Waals surface area contributed by atoms with Gasteiger partial charge in [-0.1, -0.05) is 12.1 Å². The standard InChI is InChI=1S/C16H10N10O4/c17-13-21-23-15-19-8(11(29)25(13)15)7(10(28)5-2-1-3-6(27)4-5)9-12(30)26-14(18)22-24-16(26)20-9/h1-4,7,17-18,27,29-30H. The zero-order valence-corrected chi connectivity index (χ0v) is 14.7. The highest BCUT2D eigenvalue weighted by Crippen LogP contribution is 2.42. The van der Waals surface area contributed by atoms with Gasteiger partial charge >= 0.3 is 0 Å².